The van der Waals surface area contributed by atoms with Gasteiger partial charge in [0.2, 0.25) is 11.5 Å². The van der Waals surface area contributed by atoms with Crippen LogP contribution in [0.2, 0.25) is 5.02 Å². The molecule has 1 amide bonds. The highest BCUT2D eigenvalue weighted by molar-refractivity contribution is 6.31. The predicted octanol–water partition coefficient (Wildman–Crippen LogP) is 5.53. The largest absolute Gasteiger partial charge is 0.493 e. The maximum absolute atomic E-state index is 13.8. The van der Waals surface area contributed by atoms with E-state index in [1.807, 2.05) is 31.2 Å². The topological polar surface area (TPSA) is 78.2 Å². The van der Waals surface area contributed by atoms with Crippen LogP contribution in [0.15, 0.2) is 63.8 Å². The number of carbonyl (C=O) groups excluding carboxylic acids is 1. The van der Waals surface area contributed by atoms with Gasteiger partial charge in [-0.3, -0.25) is 9.59 Å². The molecule has 1 aliphatic heterocycles. The van der Waals surface area contributed by atoms with Crippen molar-refractivity contribution in [2.24, 2.45) is 0 Å². The Bertz CT molecular complexity index is 1520. The zero-order chi connectivity index (χ0) is 25.6. The molecule has 0 N–H and O–H groups in total. The molecule has 3 aromatic carbocycles. The molecule has 1 aliphatic rings. The molecule has 0 saturated heterocycles. The van der Waals surface area contributed by atoms with Gasteiger partial charge in [0.25, 0.3) is 5.91 Å². The van der Waals surface area contributed by atoms with Crippen molar-refractivity contribution in [3.8, 4) is 17.2 Å². The normalized spacial score (nSPS) is 14.8. The summed E-state index contributed by atoms with van der Waals surface area (Å²) in [4.78, 5) is 29.1. The second-order valence-electron chi connectivity index (χ2n) is 8.59. The van der Waals surface area contributed by atoms with Gasteiger partial charge < -0.3 is 23.5 Å². The number of amides is 1. The average Bonchev–Trinajstić information content (AvgIpc) is 3.16. The Morgan fingerprint density at radius 2 is 1.58 bits per heavy atom. The lowest BCUT2D eigenvalue weighted by molar-refractivity contribution is 0.0714. The number of nitrogens with zero attached hydrogens (tertiary/aromatic N) is 1. The Hall–Kier alpha value is -3.97. The first-order valence-electron chi connectivity index (χ1n) is 11.3. The van der Waals surface area contributed by atoms with Gasteiger partial charge >= 0.3 is 0 Å². The fourth-order valence-corrected chi connectivity index (χ4v) is 4.82. The van der Waals surface area contributed by atoms with E-state index in [1.54, 1.807) is 35.2 Å². The van der Waals surface area contributed by atoms with E-state index in [0.29, 0.717) is 38.8 Å². The summed E-state index contributed by atoms with van der Waals surface area (Å²) in [7, 11) is 4.55. The Labute approximate surface area is 212 Å². The molecule has 1 aromatic heterocycles. The molecule has 0 aliphatic carbocycles. The summed E-state index contributed by atoms with van der Waals surface area (Å²) in [6, 6.07) is 15.4. The molecule has 0 spiro atoms. The summed E-state index contributed by atoms with van der Waals surface area (Å²) >= 11 is 6.18. The van der Waals surface area contributed by atoms with Crippen LogP contribution in [-0.2, 0) is 6.54 Å². The standard InChI is InChI=1S/C28H24ClNO6/c1-15-5-7-16(8-6-15)14-30-24(17-11-21(33-2)26(35-4)22(12-17)34-3)23-25(31)19-13-18(29)9-10-20(19)36-27(23)28(30)32/h5-13,24H,14H2,1-4H3. The number of ether oxygens (including phenoxy) is 3. The highest BCUT2D eigenvalue weighted by Crippen LogP contribution is 2.45. The monoisotopic (exact) mass is 505 g/mol. The number of methoxy groups -OCH3 is 3. The van der Waals surface area contributed by atoms with Crippen LogP contribution >= 0.6 is 11.6 Å². The first kappa shape index (κ1) is 23.8. The van der Waals surface area contributed by atoms with Gasteiger partial charge in [0, 0.05) is 11.6 Å². The van der Waals surface area contributed by atoms with E-state index >= 15 is 0 Å². The second-order valence-corrected chi connectivity index (χ2v) is 9.03. The van der Waals surface area contributed by atoms with Crippen LogP contribution in [0.1, 0.15) is 38.9 Å². The Kier molecular flexibility index (Phi) is 6.10. The number of carbonyl (C=O) groups is 1. The maximum Gasteiger partial charge on any atom is 0.291 e. The van der Waals surface area contributed by atoms with Crippen molar-refractivity contribution in [3.05, 3.63) is 97.9 Å². The minimum atomic E-state index is -0.748. The van der Waals surface area contributed by atoms with Crippen molar-refractivity contribution in [1.82, 2.24) is 4.90 Å². The van der Waals surface area contributed by atoms with E-state index in [0.717, 1.165) is 11.1 Å². The quantitative estimate of drug-likeness (QED) is 0.343. The Morgan fingerprint density at radius 1 is 0.917 bits per heavy atom. The molecule has 8 heteroatoms. The number of rotatable bonds is 6. The van der Waals surface area contributed by atoms with Crippen molar-refractivity contribution >= 4 is 28.5 Å². The van der Waals surface area contributed by atoms with E-state index in [4.69, 9.17) is 30.2 Å². The third-order valence-electron chi connectivity index (χ3n) is 6.40. The molecule has 7 nitrogen and oxygen atoms in total. The number of benzene rings is 3. The lowest BCUT2D eigenvalue weighted by atomic mass is 9.97. The van der Waals surface area contributed by atoms with Crippen molar-refractivity contribution in [2.75, 3.05) is 21.3 Å². The molecule has 184 valence electrons. The molecule has 0 bridgehead atoms. The summed E-state index contributed by atoms with van der Waals surface area (Å²) in [6.45, 7) is 2.26. The van der Waals surface area contributed by atoms with Crippen molar-refractivity contribution in [1.29, 1.82) is 0 Å². The fraction of sp³-hybridized carbons (Fsp3) is 0.214. The van der Waals surface area contributed by atoms with Gasteiger partial charge in [-0.15, -0.1) is 0 Å². The van der Waals surface area contributed by atoms with Crippen LogP contribution in [0.3, 0.4) is 0 Å². The van der Waals surface area contributed by atoms with E-state index in [-0.39, 0.29) is 29.2 Å². The molecule has 0 fully saturated rings. The minimum Gasteiger partial charge on any atom is -0.493 e. The highest BCUT2D eigenvalue weighted by atomic mass is 35.5. The number of halogens is 1. The molecular formula is C28H24ClNO6. The molecule has 1 atom stereocenters. The number of hydrogen-bond donors (Lipinski definition) is 0. The van der Waals surface area contributed by atoms with E-state index in [1.165, 1.54) is 21.3 Å². The average molecular weight is 506 g/mol. The van der Waals surface area contributed by atoms with Crippen molar-refractivity contribution in [2.45, 2.75) is 19.5 Å². The van der Waals surface area contributed by atoms with Crippen LogP contribution in [0, 0.1) is 6.92 Å². The molecule has 4 aromatic rings. The van der Waals surface area contributed by atoms with Gasteiger partial charge in [0.15, 0.2) is 16.9 Å². The zero-order valence-electron chi connectivity index (χ0n) is 20.3. The van der Waals surface area contributed by atoms with Gasteiger partial charge in [0.05, 0.1) is 38.3 Å². The molecular weight excluding hydrogens is 482 g/mol. The molecule has 1 unspecified atom stereocenters. The van der Waals surface area contributed by atoms with Gasteiger partial charge in [-0.25, -0.2) is 0 Å². The van der Waals surface area contributed by atoms with E-state index in [2.05, 4.69) is 0 Å². The van der Waals surface area contributed by atoms with Crippen LogP contribution in [0.25, 0.3) is 11.0 Å². The third kappa shape index (κ3) is 3.85. The Morgan fingerprint density at radius 3 is 2.19 bits per heavy atom. The zero-order valence-corrected chi connectivity index (χ0v) is 21.0. The predicted molar refractivity (Wildman–Crippen MR) is 136 cm³/mol. The van der Waals surface area contributed by atoms with E-state index < -0.39 is 6.04 Å². The molecule has 2 heterocycles. The SMILES string of the molecule is COc1cc(C2c3c(oc4ccc(Cl)cc4c3=O)C(=O)N2Cc2ccc(C)cc2)cc(OC)c1OC. The summed E-state index contributed by atoms with van der Waals surface area (Å²) in [5.41, 5.74) is 2.88. The molecule has 0 saturated carbocycles. The molecule has 0 radical (unpaired) electrons. The van der Waals surface area contributed by atoms with Crippen LogP contribution in [0.4, 0.5) is 0 Å². The Balaban J connectivity index is 1.76. The lowest BCUT2D eigenvalue weighted by Crippen LogP contribution is -2.29. The van der Waals surface area contributed by atoms with Gasteiger partial charge in [-0.1, -0.05) is 41.4 Å². The fourth-order valence-electron chi connectivity index (χ4n) is 4.65. The summed E-state index contributed by atoms with van der Waals surface area (Å²) < 4.78 is 22.6. The summed E-state index contributed by atoms with van der Waals surface area (Å²) in [5.74, 6) is 0.877. The summed E-state index contributed by atoms with van der Waals surface area (Å²) in [6.07, 6.45) is 0. The maximum atomic E-state index is 13.8. The first-order valence-corrected chi connectivity index (χ1v) is 11.7. The van der Waals surface area contributed by atoms with E-state index in [9.17, 15) is 9.59 Å². The summed E-state index contributed by atoms with van der Waals surface area (Å²) in [5, 5.41) is 0.712. The first-order chi connectivity index (χ1) is 17.4. The molecule has 36 heavy (non-hydrogen) atoms. The second kappa shape index (κ2) is 9.24. The van der Waals surface area contributed by atoms with Crippen LogP contribution in [-0.4, -0.2) is 32.1 Å². The number of fused-ring (bicyclic) bond motifs is 2. The van der Waals surface area contributed by atoms with Crippen LogP contribution in [0.5, 0.6) is 17.2 Å². The molecule has 5 rings (SSSR count). The highest BCUT2D eigenvalue weighted by Gasteiger charge is 2.43. The number of hydrogen-bond acceptors (Lipinski definition) is 6. The van der Waals surface area contributed by atoms with Crippen molar-refractivity contribution < 1.29 is 23.4 Å². The smallest absolute Gasteiger partial charge is 0.291 e. The van der Waals surface area contributed by atoms with Crippen molar-refractivity contribution in [3.63, 3.8) is 0 Å². The van der Waals surface area contributed by atoms with Gasteiger partial charge in [-0.05, 0) is 48.4 Å². The number of aryl methyl sites for hydroxylation is 1. The van der Waals surface area contributed by atoms with Gasteiger partial charge in [-0.2, -0.15) is 0 Å². The van der Waals surface area contributed by atoms with Crippen LogP contribution < -0.4 is 19.6 Å². The van der Waals surface area contributed by atoms with Gasteiger partial charge in [0.1, 0.15) is 5.58 Å². The lowest BCUT2D eigenvalue weighted by Gasteiger charge is -2.26. The third-order valence-corrected chi connectivity index (χ3v) is 6.64. The minimum absolute atomic E-state index is 0.0145.